The molecule has 0 radical (unpaired) electrons. The van der Waals surface area contributed by atoms with Crippen LogP contribution in [-0.2, 0) is 19.1 Å². The third-order valence-electron chi connectivity index (χ3n) is 2.13. The number of alkyl halides is 5. The number of rotatable bonds is 6. The molecule has 0 fully saturated rings. The summed E-state index contributed by atoms with van der Waals surface area (Å²) in [5.41, 5.74) is -0.920. The minimum Gasteiger partial charge on any atom is -0.465 e. The number of aliphatic hydroxyl groups excluding tert-OH is 1. The Kier molecular flexibility index (Phi) is 6.73. The van der Waals surface area contributed by atoms with Crippen molar-refractivity contribution in [3.63, 3.8) is 0 Å². The van der Waals surface area contributed by atoms with Gasteiger partial charge in [0.1, 0.15) is 5.60 Å². The van der Waals surface area contributed by atoms with Gasteiger partial charge >= 0.3 is 24.0 Å². The molecular weight excluding hydrogens is 319 g/mol. The molecule has 10 heteroatoms. The molecule has 0 bridgehead atoms. The van der Waals surface area contributed by atoms with Gasteiger partial charge in [-0.05, 0) is 20.8 Å². The highest BCUT2D eigenvalue weighted by Crippen LogP contribution is 2.37. The quantitative estimate of drug-likeness (QED) is 0.595. The van der Waals surface area contributed by atoms with Gasteiger partial charge in [0.05, 0.1) is 19.4 Å². The number of hydrogen-bond donors (Lipinski definition) is 1. The van der Waals surface area contributed by atoms with Gasteiger partial charge in [0.2, 0.25) is 0 Å². The van der Waals surface area contributed by atoms with E-state index in [2.05, 4.69) is 4.74 Å². The second kappa shape index (κ2) is 7.21. The van der Waals surface area contributed by atoms with Gasteiger partial charge < -0.3 is 14.6 Å². The lowest BCUT2D eigenvalue weighted by Crippen LogP contribution is -2.38. The standard InChI is InChI=1S/C12H17F5O5/c1-10(2,3)22-9(20)7(18)6-8(19)21-5-4-11(13,14)12(15,16)17/h7,18H,4-6H2,1-3H3. The number of ether oxygens (including phenoxy) is 2. The molecule has 0 saturated heterocycles. The number of halogens is 5. The summed E-state index contributed by atoms with van der Waals surface area (Å²) in [4.78, 5) is 22.5. The smallest absolute Gasteiger partial charge is 0.453 e. The summed E-state index contributed by atoms with van der Waals surface area (Å²) in [6.07, 6.45) is -10.3. The maximum atomic E-state index is 12.5. The van der Waals surface area contributed by atoms with Crippen molar-refractivity contribution in [1.29, 1.82) is 0 Å². The molecule has 5 nitrogen and oxygen atoms in total. The van der Waals surface area contributed by atoms with Crippen LogP contribution in [0.1, 0.15) is 33.6 Å². The second-order valence-corrected chi connectivity index (χ2v) is 5.43. The molecule has 1 atom stereocenters. The first kappa shape index (κ1) is 20.6. The first-order valence-corrected chi connectivity index (χ1v) is 6.17. The third-order valence-corrected chi connectivity index (χ3v) is 2.13. The molecule has 0 rings (SSSR count). The Labute approximate surface area is 123 Å². The lowest BCUT2D eigenvalue weighted by atomic mass is 10.2. The van der Waals surface area contributed by atoms with Gasteiger partial charge in [-0.3, -0.25) is 4.79 Å². The average molecular weight is 336 g/mol. The summed E-state index contributed by atoms with van der Waals surface area (Å²) in [5.74, 6) is -7.42. The molecule has 0 heterocycles. The van der Waals surface area contributed by atoms with Gasteiger partial charge in [-0.2, -0.15) is 22.0 Å². The van der Waals surface area contributed by atoms with Crippen LogP contribution in [0.3, 0.4) is 0 Å². The summed E-state index contributed by atoms with van der Waals surface area (Å²) in [5, 5.41) is 9.34. The van der Waals surface area contributed by atoms with E-state index in [-0.39, 0.29) is 0 Å². The van der Waals surface area contributed by atoms with Crippen molar-refractivity contribution in [2.75, 3.05) is 6.61 Å². The Morgan fingerprint density at radius 3 is 2.00 bits per heavy atom. The van der Waals surface area contributed by atoms with Gasteiger partial charge in [0.15, 0.2) is 6.10 Å². The SMILES string of the molecule is CC(C)(C)OC(=O)C(O)CC(=O)OCCC(F)(F)C(F)(F)F. The summed E-state index contributed by atoms with van der Waals surface area (Å²) >= 11 is 0. The van der Waals surface area contributed by atoms with Gasteiger partial charge in [-0.15, -0.1) is 0 Å². The number of esters is 2. The van der Waals surface area contributed by atoms with Gasteiger partial charge in [0.25, 0.3) is 0 Å². The van der Waals surface area contributed by atoms with Crippen LogP contribution < -0.4 is 0 Å². The highest BCUT2D eigenvalue weighted by atomic mass is 19.4. The van der Waals surface area contributed by atoms with E-state index in [1.54, 1.807) is 0 Å². The molecule has 130 valence electrons. The fourth-order valence-corrected chi connectivity index (χ4v) is 1.10. The van der Waals surface area contributed by atoms with Gasteiger partial charge in [-0.25, -0.2) is 4.79 Å². The topological polar surface area (TPSA) is 72.8 Å². The van der Waals surface area contributed by atoms with Crippen LogP contribution in [0.4, 0.5) is 22.0 Å². The maximum absolute atomic E-state index is 12.5. The van der Waals surface area contributed by atoms with Crippen molar-refractivity contribution < 1.29 is 46.1 Å². The van der Waals surface area contributed by atoms with Crippen molar-refractivity contribution in [3.8, 4) is 0 Å². The first-order chi connectivity index (χ1) is 9.66. The van der Waals surface area contributed by atoms with E-state index >= 15 is 0 Å². The fraction of sp³-hybridized carbons (Fsp3) is 0.833. The molecule has 1 unspecified atom stereocenters. The first-order valence-electron chi connectivity index (χ1n) is 6.17. The van der Waals surface area contributed by atoms with E-state index in [1.165, 1.54) is 20.8 Å². The molecule has 1 N–H and O–H groups in total. The average Bonchev–Trinajstić information content (AvgIpc) is 2.24. The highest BCUT2D eigenvalue weighted by molar-refractivity contribution is 5.81. The zero-order chi connectivity index (χ0) is 17.8. The van der Waals surface area contributed by atoms with Crippen LogP contribution in [0.5, 0.6) is 0 Å². The minimum absolute atomic E-state index is 0.910. The normalized spacial score (nSPS) is 14.4. The third kappa shape index (κ3) is 7.53. The highest BCUT2D eigenvalue weighted by Gasteiger charge is 2.56. The van der Waals surface area contributed by atoms with Crippen molar-refractivity contribution in [3.05, 3.63) is 0 Å². The zero-order valence-corrected chi connectivity index (χ0v) is 12.2. The molecule has 0 aliphatic rings. The molecule has 0 aromatic carbocycles. The van der Waals surface area contributed by atoms with Crippen molar-refractivity contribution in [2.45, 2.75) is 57.4 Å². The maximum Gasteiger partial charge on any atom is 0.453 e. The molecule has 0 aliphatic heterocycles. The van der Waals surface area contributed by atoms with E-state index in [9.17, 15) is 36.6 Å². The number of hydrogen-bond acceptors (Lipinski definition) is 5. The Morgan fingerprint density at radius 1 is 1.09 bits per heavy atom. The van der Waals surface area contributed by atoms with E-state index in [1.807, 2.05) is 0 Å². The van der Waals surface area contributed by atoms with Crippen LogP contribution in [0.25, 0.3) is 0 Å². The van der Waals surface area contributed by atoms with Crippen molar-refractivity contribution >= 4 is 11.9 Å². The summed E-state index contributed by atoms with van der Waals surface area (Å²) < 4.78 is 69.4. The lowest BCUT2D eigenvalue weighted by Gasteiger charge is -2.21. The predicted molar refractivity (Wildman–Crippen MR) is 63.0 cm³/mol. The number of carbonyl (C=O) groups excluding carboxylic acids is 2. The molecule has 0 amide bonds. The Hall–Kier alpha value is -1.45. The van der Waals surface area contributed by atoms with Crippen molar-refractivity contribution in [1.82, 2.24) is 0 Å². The molecule has 0 saturated carbocycles. The van der Waals surface area contributed by atoms with Crippen LogP contribution in [0.15, 0.2) is 0 Å². The molecule has 22 heavy (non-hydrogen) atoms. The van der Waals surface area contributed by atoms with Gasteiger partial charge in [-0.1, -0.05) is 0 Å². The Bertz CT molecular complexity index is 400. The Morgan fingerprint density at radius 2 is 1.59 bits per heavy atom. The van der Waals surface area contributed by atoms with E-state index in [0.717, 1.165) is 0 Å². The monoisotopic (exact) mass is 336 g/mol. The molecular formula is C12H17F5O5. The lowest BCUT2D eigenvalue weighted by molar-refractivity contribution is -0.286. The predicted octanol–water partition coefficient (Wildman–Crippen LogP) is 2.21. The number of carbonyl (C=O) groups is 2. The summed E-state index contributed by atoms with van der Waals surface area (Å²) in [6, 6.07) is 0. The summed E-state index contributed by atoms with van der Waals surface area (Å²) in [7, 11) is 0. The van der Waals surface area contributed by atoms with Crippen LogP contribution >= 0.6 is 0 Å². The molecule has 0 aliphatic carbocycles. The second-order valence-electron chi connectivity index (χ2n) is 5.43. The van der Waals surface area contributed by atoms with E-state index < -0.39 is 55.2 Å². The zero-order valence-electron chi connectivity index (χ0n) is 12.2. The molecule has 0 aromatic heterocycles. The van der Waals surface area contributed by atoms with Crippen LogP contribution in [0.2, 0.25) is 0 Å². The molecule has 0 aromatic rings. The van der Waals surface area contributed by atoms with Crippen LogP contribution in [0, 0.1) is 0 Å². The van der Waals surface area contributed by atoms with E-state index in [0.29, 0.717) is 0 Å². The van der Waals surface area contributed by atoms with E-state index in [4.69, 9.17) is 4.74 Å². The summed E-state index contributed by atoms with van der Waals surface area (Å²) in [6.45, 7) is 3.33. The molecule has 0 spiro atoms. The largest absolute Gasteiger partial charge is 0.465 e. The fourth-order valence-electron chi connectivity index (χ4n) is 1.10. The van der Waals surface area contributed by atoms with Crippen molar-refractivity contribution in [2.24, 2.45) is 0 Å². The van der Waals surface area contributed by atoms with Crippen LogP contribution in [-0.4, -0.2) is 47.5 Å². The van der Waals surface area contributed by atoms with Gasteiger partial charge in [0, 0.05) is 0 Å². The minimum atomic E-state index is -5.74. The Balaban J connectivity index is 4.23. The number of aliphatic hydroxyl groups is 1.